The minimum absolute atomic E-state index is 1.02. The zero-order valence-corrected chi connectivity index (χ0v) is 7.96. The van der Waals surface area contributed by atoms with Gasteiger partial charge in [-0.2, -0.15) is 0 Å². The van der Waals surface area contributed by atoms with Crippen molar-refractivity contribution in [3.63, 3.8) is 0 Å². The molecule has 0 bridgehead atoms. The summed E-state index contributed by atoms with van der Waals surface area (Å²) < 4.78 is 4.14. The highest BCUT2D eigenvalue weighted by Gasteiger charge is 1.88. The molecule has 0 aliphatic rings. The smallest absolute Gasteiger partial charge is 0.0127 e. The van der Waals surface area contributed by atoms with Crippen LogP contribution in [-0.2, 0) is 0 Å². The maximum atomic E-state index is 4.14. The lowest BCUT2D eigenvalue weighted by atomic mass is 10.3. The Bertz CT molecular complexity index is 143. The Balaban J connectivity index is 3.70. The summed E-state index contributed by atoms with van der Waals surface area (Å²) in [6.07, 6.45) is 2.94. The molecule has 10 heavy (non-hydrogen) atoms. The fourth-order valence-electron chi connectivity index (χ4n) is 0.282. The van der Waals surface area contributed by atoms with Crippen LogP contribution in [0.3, 0.4) is 0 Å². The average Bonchev–Trinajstić information content (AvgIpc) is 1.88. The van der Waals surface area contributed by atoms with Gasteiger partial charge in [-0.25, -0.2) is 4.40 Å². The maximum absolute atomic E-state index is 4.14. The monoisotopic (exact) mass is 157 g/mol. The molecule has 0 aromatic rings. The van der Waals surface area contributed by atoms with Gasteiger partial charge in [-0.3, -0.25) is 0 Å². The van der Waals surface area contributed by atoms with Gasteiger partial charge in [0.1, 0.15) is 0 Å². The average molecular weight is 157 g/mol. The molecule has 0 aromatic heterocycles. The summed E-state index contributed by atoms with van der Waals surface area (Å²) in [4.78, 5) is 1.30. The van der Waals surface area contributed by atoms with Crippen LogP contribution in [0.15, 0.2) is 14.9 Å². The first-order valence-electron chi connectivity index (χ1n) is 3.51. The molecule has 0 atom stereocenters. The largest absolute Gasteiger partial charge is 0.224 e. The van der Waals surface area contributed by atoms with E-state index in [9.17, 15) is 0 Å². The van der Waals surface area contributed by atoms with Crippen LogP contribution in [0.2, 0.25) is 0 Å². The third kappa shape index (κ3) is 4.62. The maximum Gasteiger partial charge on any atom is 0.0127 e. The molecule has 0 amide bonds. The van der Waals surface area contributed by atoms with Gasteiger partial charge in [-0.1, -0.05) is 12.5 Å². The molecule has 0 saturated carbocycles. The van der Waals surface area contributed by atoms with E-state index in [0.29, 0.717) is 0 Å². The van der Waals surface area contributed by atoms with Crippen LogP contribution < -0.4 is 0 Å². The van der Waals surface area contributed by atoms with E-state index in [0.717, 1.165) is 6.42 Å². The molecule has 0 heterocycles. The SMILES string of the molecule is CCC=NSC(C)=C(C)C. The second-order valence-corrected chi connectivity index (χ2v) is 3.35. The predicted octanol–water partition coefficient (Wildman–Crippen LogP) is 3.43. The number of allylic oxidation sites excluding steroid dienone is 2. The van der Waals surface area contributed by atoms with Gasteiger partial charge >= 0.3 is 0 Å². The first-order valence-corrected chi connectivity index (χ1v) is 4.28. The van der Waals surface area contributed by atoms with Gasteiger partial charge in [0, 0.05) is 23.1 Å². The minimum atomic E-state index is 1.02. The van der Waals surface area contributed by atoms with Crippen LogP contribution in [0.1, 0.15) is 34.1 Å². The molecular formula is C8H15NS. The molecule has 0 rings (SSSR count). The summed E-state index contributed by atoms with van der Waals surface area (Å²) in [5.74, 6) is 0. The van der Waals surface area contributed by atoms with Crippen molar-refractivity contribution in [3.05, 3.63) is 10.5 Å². The van der Waals surface area contributed by atoms with Crippen molar-refractivity contribution < 1.29 is 0 Å². The molecule has 0 saturated heterocycles. The summed E-state index contributed by atoms with van der Waals surface area (Å²) >= 11 is 1.56. The zero-order valence-electron chi connectivity index (χ0n) is 7.14. The first kappa shape index (κ1) is 9.76. The number of rotatable bonds is 3. The minimum Gasteiger partial charge on any atom is -0.224 e. The van der Waals surface area contributed by atoms with Crippen LogP contribution in [0.5, 0.6) is 0 Å². The van der Waals surface area contributed by atoms with Crippen molar-refractivity contribution in [1.82, 2.24) is 0 Å². The van der Waals surface area contributed by atoms with Crippen LogP contribution >= 0.6 is 11.9 Å². The van der Waals surface area contributed by atoms with Crippen LogP contribution in [0.25, 0.3) is 0 Å². The Hall–Kier alpha value is -0.240. The van der Waals surface area contributed by atoms with Gasteiger partial charge in [0.2, 0.25) is 0 Å². The van der Waals surface area contributed by atoms with E-state index < -0.39 is 0 Å². The van der Waals surface area contributed by atoms with Gasteiger partial charge in [0.25, 0.3) is 0 Å². The molecule has 2 heteroatoms. The van der Waals surface area contributed by atoms with E-state index in [4.69, 9.17) is 0 Å². The second kappa shape index (κ2) is 5.54. The summed E-state index contributed by atoms with van der Waals surface area (Å²) in [5, 5.41) is 0. The fraction of sp³-hybridized carbons (Fsp3) is 0.625. The Kier molecular flexibility index (Phi) is 5.40. The number of nitrogens with zero attached hydrogens (tertiary/aromatic N) is 1. The molecule has 0 N–H and O–H groups in total. The predicted molar refractivity (Wildman–Crippen MR) is 50.4 cm³/mol. The molecule has 0 aromatic carbocycles. The van der Waals surface area contributed by atoms with Gasteiger partial charge in [-0.15, -0.1) is 0 Å². The number of hydrogen-bond acceptors (Lipinski definition) is 2. The third-order valence-corrected chi connectivity index (χ3v) is 2.09. The van der Waals surface area contributed by atoms with E-state index in [1.807, 2.05) is 6.21 Å². The molecule has 0 aliphatic heterocycles. The Labute approximate surface area is 67.8 Å². The standard InChI is InChI=1S/C8H15NS/c1-5-6-9-10-8(4)7(2)3/h6H,5H2,1-4H3. The quantitative estimate of drug-likeness (QED) is 0.451. The summed E-state index contributed by atoms with van der Waals surface area (Å²) in [6, 6.07) is 0. The Morgan fingerprint density at radius 3 is 2.40 bits per heavy atom. The lowest BCUT2D eigenvalue weighted by molar-refractivity contribution is 1.33. The molecule has 1 nitrogen and oxygen atoms in total. The molecular weight excluding hydrogens is 142 g/mol. The summed E-state index contributed by atoms with van der Waals surface area (Å²) in [6.45, 7) is 8.38. The van der Waals surface area contributed by atoms with Crippen LogP contribution in [0.4, 0.5) is 0 Å². The third-order valence-electron chi connectivity index (χ3n) is 1.15. The zero-order chi connectivity index (χ0) is 7.98. The van der Waals surface area contributed by atoms with Crippen molar-refractivity contribution in [2.24, 2.45) is 4.40 Å². The van der Waals surface area contributed by atoms with Crippen LogP contribution in [-0.4, -0.2) is 6.21 Å². The van der Waals surface area contributed by atoms with E-state index in [2.05, 4.69) is 32.1 Å². The lowest BCUT2D eigenvalue weighted by Crippen LogP contribution is -1.70. The van der Waals surface area contributed by atoms with Crippen molar-refractivity contribution in [3.8, 4) is 0 Å². The van der Waals surface area contributed by atoms with Gasteiger partial charge < -0.3 is 0 Å². The highest BCUT2D eigenvalue weighted by Crippen LogP contribution is 2.18. The molecule has 0 radical (unpaired) electrons. The van der Waals surface area contributed by atoms with Crippen molar-refractivity contribution in [2.45, 2.75) is 34.1 Å². The first-order chi connectivity index (χ1) is 4.68. The highest BCUT2D eigenvalue weighted by molar-refractivity contribution is 8.01. The highest BCUT2D eigenvalue weighted by atomic mass is 32.2. The second-order valence-electron chi connectivity index (χ2n) is 2.34. The van der Waals surface area contributed by atoms with E-state index in [1.54, 1.807) is 11.9 Å². The van der Waals surface area contributed by atoms with Gasteiger partial charge in [-0.05, 0) is 27.2 Å². The topological polar surface area (TPSA) is 12.4 Å². The number of hydrogen-bond donors (Lipinski definition) is 0. The summed E-state index contributed by atoms with van der Waals surface area (Å²) in [5.41, 5.74) is 1.35. The van der Waals surface area contributed by atoms with E-state index in [-0.39, 0.29) is 0 Å². The van der Waals surface area contributed by atoms with E-state index >= 15 is 0 Å². The molecule has 0 aliphatic carbocycles. The van der Waals surface area contributed by atoms with Crippen molar-refractivity contribution >= 4 is 18.2 Å². The van der Waals surface area contributed by atoms with Crippen LogP contribution in [0, 0.1) is 0 Å². The fourth-order valence-corrected chi connectivity index (χ4v) is 0.846. The van der Waals surface area contributed by atoms with Crippen molar-refractivity contribution in [2.75, 3.05) is 0 Å². The lowest BCUT2D eigenvalue weighted by Gasteiger charge is -1.95. The van der Waals surface area contributed by atoms with Gasteiger partial charge in [0.05, 0.1) is 0 Å². The van der Waals surface area contributed by atoms with Gasteiger partial charge in [0.15, 0.2) is 0 Å². The van der Waals surface area contributed by atoms with Crippen molar-refractivity contribution in [1.29, 1.82) is 0 Å². The Morgan fingerprint density at radius 1 is 1.40 bits per heavy atom. The molecule has 58 valence electrons. The molecule has 0 fully saturated rings. The molecule has 0 spiro atoms. The molecule has 0 unspecified atom stereocenters. The summed E-state index contributed by atoms with van der Waals surface area (Å²) in [7, 11) is 0. The Morgan fingerprint density at radius 2 is 2.00 bits per heavy atom. The normalized spacial score (nSPS) is 10.4. The van der Waals surface area contributed by atoms with E-state index in [1.165, 1.54) is 10.5 Å².